The van der Waals surface area contributed by atoms with E-state index in [1.807, 2.05) is 6.92 Å². The molecular formula is C21H29F2NO3. The van der Waals surface area contributed by atoms with Crippen LogP contribution in [0, 0.1) is 23.5 Å². The summed E-state index contributed by atoms with van der Waals surface area (Å²) in [5.41, 5.74) is -0.304. The van der Waals surface area contributed by atoms with Crippen molar-refractivity contribution in [3.05, 3.63) is 35.4 Å². The van der Waals surface area contributed by atoms with Gasteiger partial charge in [0.25, 0.3) is 0 Å². The number of rotatable bonds is 5. The Hall–Kier alpha value is -1.53. The predicted octanol–water partition coefficient (Wildman–Crippen LogP) is 4.14. The topological polar surface area (TPSA) is 47.6 Å². The number of carbonyl (C=O) groups is 1. The Morgan fingerprint density at radius 1 is 1.37 bits per heavy atom. The minimum Gasteiger partial charge on any atom is -0.384 e. The van der Waals surface area contributed by atoms with E-state index < -0.39 is 23.3 Å². The number of fused-ring (bicyclic) bond motifs is 1. The van der Waals surface area contributed by atoms with Gasteiger partial charge >= 0.3 is 0 Å². The fourth-order valence-corrected chi connectivity index (χ4v) is 4.67. The summed E-state index contributed by atoms with van der Waals surface area (Å²) in [6.45, 7) is 4.55. The summed E-state index contributed by atoms with van der Waals surface area (Å²) >= 11 is 0. The van der Waals surface area contributed by atoms with Crippen molar-refractivity contribution in [2.24, 2.45) is 11.8 Å². The van der Waals surface area contributed by atoms with Crippen molar-refractivity contribution in [3.63, 3.8) is 0 Å². The quantitative estimate of drug-likeness (QED) is 0.834. The van der Waals surface area contributed by atoms with Gasteiger partial charge in [-0.2, -0.15) is 0 Å². The Labute approximate surface area is 159 Å². The zero-order valence-electron chi connectivity index (χ0n) is 16.3. The summed E-state index contributed by atoms with van der Waals surface area (Å²) in [5, 5.41) is 3.16. The Morgan fingerprint density at radius 3 is 2.89 bits per heavy atom. The van der Waals surface area contributed by atoms with Gasteiger partial charge in [-0.1, -0.05) is 13.3 Å². The molecule has 0 bridgehead atoms. The third-order valence-corrected chi connectivity index (χ3v) is 6.08. The highest BCUT2D eigenvalue weighted by Crippen LogP contribution is 2.48. The van der Waals surface area contributed by atoms with E-state index in [0.29, 0.717) is 18.9 Å². The average molecular weight is 381 g/mol. The first-order valence-corrected chi connectivity index (χ1v) is 9.72. The van der Waals surface area contributed by atoms with E-state index in [4.69, 9.17) is 9.47 Å². The maximum atomic E-state index is 14.4. The lowest BCUT2D eigenvalue weighted by Gasteiger charge is -2.52. The number of hydrogen-bond acceptors (Lipinski definition) is 3. The minimum atomic E-state index is -0.583. The average Bonchev–Trinajstić information content (AvgIpc) is 2.61. The van der Waals surface area contributed by atoms with Gasteiger partial charge in [0, 0.05) is 37.0 Å². The Balaban J connectivity index is 1.87. The van der Waals surface area contributed by atoms with Crippen LogP contribution in [0.25, 0.3) is 0 Å². The van der Waals surface area contributed by atoms with Gasteiger partial charge in [0.2, 0.25) is 5.91 Å². The normalized spacial score (nSPS) is 33.4. The second kappa shape index (κ2) is 8.23. The van der Waals surface area contributed by atoms with E-state index in [1.54, 1.807) is 7.11 Å². The van der Waals surface area contributed by atoms with Crippen LogP contribution in [0.1, 0.15) is 57.6 Å². The molecule has 0 unspecified atom stereocenters. The van der Waals surface area contributed by atoms with Crippen LogP contribution in [0.15, 0.2) is 18.2 Å². The van der Waals surface area contributed by atoms with Crippen LogP contribution in [0.5, 0.6) is 0 Å². The number of amides is 1. The summed E-state index contributed by atoms with van der Waals surface area (Å²) in [5.74, 6) is -0.377. The SMILES string of the molecule is COCCC(=O)N[C@@]1(C)C[C@H](c2cc(F)ccc2F)O[C@@H]2C[C@H](C)CC[C@H]21. The van der Waals surface area contributed by atoms with E-state index >= 15 is 0 Å². The molecule has 4 nitrogen and oxygen atoms in total. The summed E-state index contributed by atoms with van der Waals surface area (Å²) < 4.78 is 39.4. The van der Waals surface area contributed by atoms with Gasteiger partial charge in [-0.15, -0.1) is 0 Å². The summed E-state index contributed by atoms with van der Waals surface area (Å²) in [6, 6.07) is 3.46. The molecule has 0 radical (unpaired) electrons. The molecule has 1 aliphatic carbocycles. The Kier molecular flexibility index (Phi) is 6.16. The molecule has 150 valence electrons. The number of carbonyl (C=O) groups excluding carboxylic acids is 1. The number of halogens is 2. The molecule has 2 fully saturated rings. The molecule has 1 aromatic rings. The van der Waals surface area contributed by atoms with Gasteiger partial charge < -0.3 is 14.8 Å². The van der Waals surface area contributed by atoms with Crippen LogP contribution in [-0.4, -0.2) is 31.3 Å². The molecule has 1 aliphatic heterocycles. The van der Waals surface area contributed by atoms with Crippen molar-refractivity contribution >= 4 is 5.91 Å². The second-order valence-corrected chi connectivity index (χ2v) is 8.27. The number of benzene rings is 1. The number of methoxy groups -OCH3 is 1. The standard InChI is InChI=1S/C21H29F2NO3/c1-13-4-6-16-18(10-13)27-19(15-11-14(22)5-7-17(15)23)12-21(16,2)24-20(25)8-9-26-3/h5,7,11,13,16,18-19H,4,6,8-10,12H2,1-3H3,(H,24,25)/t13-,16-,18-,19-,21+/m1/s1. The van der Waals surface area contributed by atoms with E-state index in [2.05, 4.69) is 12.2 Å². The van der Waals surface area contributed by atoms with Gasteiger partial charge in [-0.3, -0.25) is 4.79 Å². The Bertz CT molecular complexity index is 683. The van der Waals surface area contributed by atoms with Crippen molar-refractivity contribution in [2.45, 2.75) is 63.7 Å². The van der Waals surface area contributed by atoms with Crippen molar-refractivity contribution < 1.29 is 23.0 Å². The van der Waals surface area contributed by atoms with Gasteiger partial charge in [0.15, 0.2) is 0 Å². The summed E-state index contributed by atoms with van der Waals surface area (Å²) in [7, 11) is 1.56. The molecule has 1 amide bonds. The largest absolute Gasteiger partial charge is 0.384 e. The van der Waals surface area contributed by atoms with E-state index in [-0.39, 0.29) is 29.9 Å². The minimum absolute atomic E-state index is 0.0807. The summed E-state index contributed by atoms with van der Waals surface area (Å²) in [4.78, 5) is 12.4. The molecular weight excluding hydrogens is 352 g/mol. The highest BCUT2D eigenvalue weighted by molar-refractivity contribution is 5.77. The van der Waals surface area contributed by atoms with Crippen molar-refractivity contribution in [1.82, 2.24) is 5.32 Å². The van der Waals surface area contributed by atoms with Crippen LogP contribution < -0.4 is 5.32 Å². The molecule has 6 heteroatoms. The van der Waals surface area contributed by atoms with Gasteiger partial charge in [-0.25, -0.2) is 8.78 Å². The van der Waals surface area contributed by atoms with Crippen molar-refractivity contribution in [3.8, 4) is 0 Å². The fraction of sp³-hybridized carbons (Fsp3) is 0.667. The fourth-order valence-electron chi connectivity index (χ4n) is 4.67. The molecule has 1 heterocycles. The van der Waals surface area contributed by atoms with Crippen LogP contribution >= 0.6 is 0 Å². The predicted molar refractivity (Wildman–Crippen MR) is 98.1 cm³/mol. The molecule has 3 rings (SSSR count). The maximum absolute atomic E-state index is 14.4. The van der Waals surface area contributed by atoms with E-state index in [9.17, 15) is 13.6 Å². The lowest BCUT2D eigenvalue weighted by molar-refractivity contribution is -0.154. The van der Waals surface area contributed by atoms with Crippen LogP contribution in [0.3, 0.4) is 0 Å². The zero-order chi connectivity index (χ0) is 19.6. The number of ether oxygens (including phenoxy) is 2. The molecule has 2 aliphatic rings. The van der Waals surface area contributed by atoms with Crippen molar-refractivity contribution in [2.75, 3.05) is 13.7 Å². The van der Waals surface area contributed by atoms with Crippen LogP contribution in [0.2, 0.25) is 0 Å². The lowest BCUT2D eigenvalue weighted by atomic mass is 9.66. The molecule has 5 atom stereocenters. The first-order valence-electron chi connectivity index (χ1n) is 9.72. The monoisotopic (exact) mass is 381 g/mol. The van der Waals surface area contributed by atoms with Gasteiger partial charge in [0.05, 0.1) is 18.8 Å². The van der Waals surface area contributed by atoms with Gasteiger partial charge in [0.1, 0.15) is 11.6 Å². The molecule has 1 N–H and O–H groups in total. The van der Waals surface area contributed by atoms with Crippen LogP contribution in [-0.2, 0) is 14.3 Å². The highest BCUT2D eigenvalue weighted by atomic mass is 19.1. The Morgan fingerprint density at radius 2 is 2.15 bits per heavy atom. The van der Waals surface area contributed by atoms with E-state index in [0.717, 1.165) is 31.4 Å². The first-order chi connectivity index (χ1) is 12.8. The highest BCUT2D eigenvalue weighted by Gasteiger charge is 2.49. The third kappa shape index (κ3) is 4.49. The van der Waals surface area contributed by atoms with Crippen LogP contribution in [0.4, 0.5) is 8.78 Å². The molecule has 1 aromatic carbocycles. The first kappa shape index (κ1) is 20.2. The summed E-state index contributed by atoms with van der Waals surface area (Å²) in [6.07, 6.45) is 2.92. The molecule has 0 aromatic heterocycles. The van der Waals surface area contributed by atoms with Crippen molar-refractivity contribution in [1.29, 1.82) is 0 Å². The maximum Gasteiger partial charge on any atom is 0.222 e. The number of nitrogens with one attached hydrogen (secondary N) is 1. The van der Waals surface area contributed by atoms with Gasteiger partial charge in [-0.05, 0) is 43.9 Å². The van der Waals surface area contributed by atoms with E-state index in [1.165, 1.54) is 6.07 Å². The molecule has 1 saturated carbocycles. The third-order valence-electron chi connectivity index (χ3n) is 6.08. The molecule has 27 heavy (non-hydrogen) atoms. The lowest BCUT2D eigenvalue weighted by Crippen LogP contribution is -2.60. The zero-order valence-corrected chi connectivity index (χ0v) is 16.3. The molecule has 1 saturated heterocycles. The molecule has 0 spiro atoms. The smallest absolute Gasteiger partial charge is 0.222 e. The number of hydrogen-bond donors (Lipinski definition) is 1. The second-order valence-electron chi connectivity index (χ2n) is 8.27.